The first kappa shape index (κ1) is 18.2. The van der Waals surface area contributed by atoms with E-state index >= 15 is 0 Å². The minimum atomic E-state index is -4.39. The van der Waals surface area contributed by atoms with Crippen LogP contribution in [0.2, 0.25) is 0 Å². The van der Waals surface area contributed by atoms with Crippen LogP contribution in [0.5, 0.6) is 0 Å². The van der Waals surface area contributed by atoms with Crippen molar-refractivity contribution in [2.75, 3.05) is 0 Å². The van der Waals surface area contributed by atoms with E-state index in [2.05, 4.69) is 26.8 Å². The lowest BCUT2D eigenvalue weighted by molar-refractivity contribution is -0.228. The van der Waals surface area contributed by atoms with E-state index in [4.69, 9.17) is 0 Å². The molecule has 5 nitrogen and oxygen atoms in total. The number of rotatable bonds is 0. The molecular weight excluding hydrogens is 369 g/mol. The molecule has 3 aromatic heterocycles. The Balaban J connectivity index is 1.75. The van der Waals surface area contributed by atoms with Gasteiger partial charge in [0.05, 0.1) is 10.9 Å². The lowest BCUT2D eigenvalue weighted by Gasteiger charge is -2.36. The summed E-state index contributed by atoms with van der Waals surface area (Å²) in [7, 11) is 0. The number of halogens is 3. The van der Waals surface area contributed by atoms with E-state index in [9.17, 15) is 18.0 Å². The van der Waals surface area contributed by atoms with Crippen LogP contribution in [0.4, 0.5) is 13.2 Å². The Kier molecular flexibility index (Phi) is 4.18. The average Bonchev–Trinajstić information content (AvgIpc) is 2.67. The molecule has 0 radical (unpaired) electrons. The van der Waals surface area contributed by atoms with Gasteiger partial charge in [0.15, 0.2) is 5.52 Å². The summed E-state index contributed by atoms with van der Waals surface area (Å²) in [4.78, 5) is 25.3. The van der Waals surface area contributed by atoms with Crippen molar-refractivity contribution < 1.29 is 13.2 Å². The molecule has 0 saturated heterocycles. The number of aromatic nitrogens is 4. The first-order chi connectivity index (χ1) is 13.3. The third-order valence-corrected chi connectivity index (χ3v) is 4.97. The van der Waals surface area contributed by atoms with Gasteiger partial charge in [-0.3, -0.25) is 9.36 Å². The summed E-state index contributed by atoms with van der Waals surface area (Å²) < 4.78 is 41.2. The number of hydrogen-bond donors (Lipinski definition) is 0. The molecule has 0 amide bonds. The highest BCUT2D eigenvalue weighted by Gasteiger charge is 2.52. The molecule has 142 valence electrons. The van der Waals surface area contributed by atoms with Crippen LogP contribution in [0.3, 0.4) is 0 Å². The first-order valence-electron chi connectivity index (χ1n) is 8.66. The quantitative estimate of drug-likeness (QED) is 0.559. The highest BCUT2D eigenvalue weighted by Crippen LogP contribution is 2.44. The van der Waals surface area contributed by atoms with Crippen molar-refractivity contribution in [1.29, 1.82) is 0 Å². The Morgan fingerprint density at radius 2 is 2.04 bits per heavy atom. The fraction of sp³-hybridized carbons (Fsp3) is 0.300. The van der Waals surface area contributed by atoms with Crippen molar-refractivity contribution in [2.45, 2.75) is 32.5 Å². The van der Waals surface area contributed by atoms with E-state index in [0.29, 0.717) is 22.6 Å². The summed E-state index contributed by atoms with van der Waals surface area (Å²) >= 11 is 0. The summed E-state index contributed by atoms with van der Waals surface area (Å²) in [5.74, 6) is 6.15. The van der Waals surface area contributed by atoms with Gasteiger partial charge >= 0.3 is 6.18 Å². The third-order valence-electron chi connectivity index (χ3n) is 4.97. The lowest BCUT2D eigenvalue weighted by atomic mass is 9.82. The SMILES string of the molecule is CC1(C(F)(F)F)CCc2nc3cc(C#Cc4ccccn4)cnc3c(=O)n2C1. The van der Waals surface area contributed by atoms with Gasteiger partial charge in [-0.1, -0.05) is 12.0 Å². The van der Waals surface area contributed by atoms with Gasteiger partial charge < -0.3 is 0 Å². The van der Waals surface area contributed by atoms with Gasteiger partial charge in [-0.2, -0.15) is 13.2 Å². The smallest absolute Gasteiger partial charge is 0.294 e. The summed E-state index contributed by atoms with van der Waals surface area (Å²) in [6, 6.07) is 6.99. The average molecular weight is 384 g/mol. The molecule has 1 aliphatic rings. The van der Waals surface area contributed by atoms with Gasteiger partial charge in [-0.15, -0.1) is 0 Å². The molecule has 1 unspecified atom stereocenters. The van der Waals surface area contributed by atoms with Gasteiger partial charge in [-0.25, -0.2) is 15.0 Å². The predicted molar refractivity (Wildman–Crippen MR) is 96.5 cm³/mol. The van der Waals surface area contributed by atoms with Gasteiger partial charge in [0.25, 0.3) is 5.56 Å². The molecule has 0 fully saturated rings. The zero-order valence-corrected chi connectivity index (χ0v) is 14.9. The molecule has 4 heterocycles. The number of fused-ring (bicyclic) bond motifs is 2. The number of alkyl halides is 3. The summed E-state index contributed by atoms with van der Waals surface area (Å²) in [5.41, 5.74) is -0.996. The highest BCUT2D eigenvalue weighted by molar-refractivity contribution is 5.74. The topological polar surface area (TPSA) is 60.7 Å². The Labute approximate surface area is 158 Å². The van der Waals surface area contributed by atoms with Crippen molar-refractivity contribution in [1.82, 2.24) is 19.5 Å². The van der Waals surface area contributed by atoms with Crippen molar-refractivity contribution >= 4 is 11.0 Å². The maximum absolute atomic E-state index is 13.4. The second-order valence-corrected chi connectivity index (χ2v) is 7.03. The molecule has 3 aromatic rings. The molecule has 0 aromatic carbocycles. The van der Waals surface area contributed by atoms with Crippen LogP contribution in [-0.2, 0) is 13.0 Å². The van der Waals surface area contributed by atoms with Gasteiger partial charge in [0.2, 0.25) is 0 Å². The minimum Gasteiger partial charge on any atom is -0.294 e. The number of hydrogen-bond acceptors (Lipinski definition) is 4. The second-order valence-electron chi connectivity index (χ2n) is 7.03. The van der Waals surface area contributed by atoms with Crippen LogP contribution in [0.15, 0.2) is 41.5 Å². The molecule has 0 N–H and O–H groups in total. The Morgan fingerprint density at radius 3 is 2.75 bits per heavy atom. The van der Waals surface area contributed by atoms with Crippen molar-refractivity contribution in [3.63, 3.8) is 0 Å². The van der Waals surface area contributed by atoms with Crippen LogP contribution in [0.25, 0.3) is 11.0 Å². The maximum Gasteiger partial charge on any atom is 0.395 e. The number of aryl methyl sites for hydroxylation is 1. The van der Waals surface area contributed by atoms with Crippen LogP contribution in [0, 0.1) is 17.3 Å². The number of pyridine rings is 2. The molecule has 4 rings (SSSR count). The monoisotopic (exact) mass is 384 g/mol. The fourth-order valence-electron chi connectivity index (χ4n) is 3.19. The van der Waals surface area contributed by atoms with E-state index in [1.807, 2.05) is 6.07 Å². The molecule has 0 bridgehead atoms. The lowest BCUT2D eigenvalue weighted by Crippen LogP contribution is -2.46. The molecule has 1 aliphatic heterocycles. The third kappa shape index (κ3) is 3.13. The number of nitrogens with zero attached hydrogens (tertiary/aromatic N) is 4. The highest BCUT2D eigenvalue weighted by atomic mass is 19.4. The van der Waals surface area contributed by atoms with E-state index in [0.717, 1.165) is 11.5 Å². The van der Waals surface area contributed by atoms with Gasteiger partial charge in [0.1, 0.15) is 11.5 Å². The molecule has 0 saturated carbocycles. The first-order valence-corrected chi connectivity index (χ1v) is 8.66. The van der Waals surface area contributed by atoms with Crippen molar-refractivity contribution in [2.24, 2.45) is 5.41 Å². The minimum absolute atomic E-state index is 0.0403. The maximum atomic E-state index is 13.4. The van der Waals surface area contributed by atoms with Crippen LogP contribution < -0.4 is 5.56 Å². The van der Waals surface area contributed by atoms with E-state index in [-0.39, 0.29) is 18.4 Å². The molecule has 0 spiro atoms. The summed E-state index contributed by atoms with van der Waals surface area (Å²) in [6.45, 7) is 0.687. The van der Waals surface area contributed by atoms with Crippen molar-refractivity contribution in [3.05, 3.63) is 64.1 Å². The van der Waals surface area contributed by atoms with E-state index in [1.54, 1.807) is 24.4 Å². The van der Waals surface area contributed by atoms with Crippen molar-refractivity contribution in [3.8, 4) is 11.8 Å². The van der Waals surface area contributed by atoms with Crippen LogP contribution >= 0.6 is 0 Å². The standard InChI is InChI=1S/C20H15F3N4O/c1-19(20(21,22)23)8-7-16-26-15-10-13(5-6-14-4-2-3-9-24-14)11-25-17(15)18(28)27(16)12-19/h2-4,9-11H,7-8,12H2,1H3. The Morgan fingerprint density at radius 1 is 1.21 bits per heavy atom. The Bertz CT molecular complexity index is 1180. The largest absolute Gasteiger partial charge is 0.395 e. The van der Waals surface area contributed by atoms with Crippen LogP contribution in [0.1, 0.15) is 30.4 Å². The normalized spacial score (nSPS) is 19.0. The van der Waals surface area contributed by atoms with Crippen LogP contribution in [-0.4, -0.2) is 25.7 Å². The van der Waals surface area contributed by atoms with Gasteiger partial charge in [0, 0.05) is 30.9 Å². The molecule has 8 heteroatoms. The van der Waals surface area contributed by atoms with E-state index in [1.165, 1.54) is 6.20 Å². The predicted octanol–water partition coefficient (Wildman–Crippen LogP) is 3.10. The fourth-order valence-corrected chi connectivity index (χ4v) is 3.19. The summed E-state index contributed by atoms with van der Waals surface area (Å²) in [6.07, 6.45) is -1.38. The van der Waals surface area contributed by atoms with E-state index < -0.39 is 23.7 Å². The summed E-state index contributed by atoms with van der Waals surface area (Å²) in [5, 5.41) is 0. The zero-order valence-electron chi connectivity index (χ0n) is 14.9. The molecule has 1 atom stereocenters. The molecule has 0 aliphatic carbocycles. The second kappa shape index (κ2) is 6.44. The molecule has 28 heavy (non-hydrogen) atoms. The molecular formula is C20H15F3N4O. The Hall–Kier alpha value is -3.21. The zero-order chi connectivity index (χ0) is 19.9. The van der Waals surface area contributed by atoms with Gasteiger partial charge in [-0.05, 0) is 37.5 Å².